The highest BCUT2D eigenvalue weighted by atomic mass is 79.9. The fourth-order valence-electron chi connectivity index (χ4n) is 6.64. The van der Waals surface area contributed by atoms with Gasteiger partial charge in [-0.1, -0.05) is 101 Å². The zero-order chi connectivity index (χ0) is 33.3. The molecule has 0 aliphatic carbocycles. The van der Waals surface area contributed by atoms with E-state index in [9.17, 15) is 0 Å². The number of hydrogen-bond donors (Lipinski definition) is 0. The highest BCUT2D eigenvalue weighted by molar-refractivity contribution is 9.10. The van der Waals surface area contributed by atoms with Gasteiger partial charge < -0.3 is 9.13 Å². The van der Waals surface area contributed by atoms with E-state index in [4.69, 9.17) is 11.8 Å². The average molecular weight is 694 g/mol. The van der Waals surface area contributed by atoms with E-state index >= 15 is 0 Å². The number of fused-ring (bicyclic) bond motifs is 6. The van der Waals surface area contributed by atoms with E-state index in [-0.39, 0.29) is 1.43 Å². The van der Waals surface area contributed by atoms with Crippen LogP contribution in [-0.4, -0.2) is 9.13 Å². The minimum Gasteiger partial charge on any atom is -0.309 e. The molecule has 0 bridgehead atoms. The van der Waals surface area contributed by atoms with Crippen LogP contribution < -0.4 is 0 Å². The first kappa shape index (κ1) is 30.0. The molecule has 0 aliphatic rings. The number of aromatic nitrogens is 2. The molecule has 0 amide bonds. The largest absolute Gasteiger partial charge is 0.309 e. The molecule has 0 atom stereocenters. The standard InChI is InChI=1S/C37H23N3.C7H4BrN.H2/c1-38-27-17-19-29(20-18-27)40-34-13-7-5-11-30(34)32-21-15-26(24-37(32)40)25-16-22-36-33(23-25)31-12-6-8-14-35(31)39(36)28-9-3-2-4-10-28;8-7-3-1-6(5-9)2-4-7;/h2-24H;1-4H;1H. The lowest BCUT2D eigenvalue weighted by Gasteiger charge is -2.10. The van der Waals surface area contributed by atoms with E-state index in [1.54, 1.807) is 12.1 Å². The number of para-hydroxylation sites is 3. The molecule has 0 unspecified atom stereocenters. The Labute approximate surface area is 293 Å². The summed E-state index contributed by atoms with van der Waals surface area (Å²) in [6, 6.07) is 58.5. The molecule has 7 aromatic carbocycles. The molecule has 9 aromatic rings. The van der Waals surface area contributed by atoms with E-state index in [1.165, 1.54) is 43.7 Å². The van der Waals surface area contributed by atoms with Crippen molar-refractivity contribution >= 4 is 65.2 Å². The number of nitrogens with zero attached hydrogens (tertiary/aromatic N) is 4. The van der Waals surface area contributed by atoms with E-state index in [0.29, 0.717) is 11.3 Å². The monoisotopic (exact) mass is 692 g/mol. The van der Waals surface area contributed by atoms with Gasteiger partial charge in [-0.3, -0.25) is 0 Å². The second-order valence-corrected chi connectivity index (χ2v) is 12.7. The Hall–Kier alpha value is -6.40. The molecule has 4 nitrogen and oxygen atoms in total. The Morgan fingerprint density at radius 1 is 0.510 bits per heavy atom. The molecule has 0 radical (unpaired) electrons. The Bertz CT molecular complexity index is 2730. The van der Waals surface area contributed by atoms with Crippen molar-refractivity contribution in [1.29, 1.82) is 5.26 Å². The average Bonchev–Trinajstić information content (AvgIpc) is 3.68. The Kier molecular flexibility index (Phi) is 7.74. The van der Waals surface area contributed by atoms with Crippen LogP contribution in [0.25, 0.3) is 71.0 Å². The lowest BCUT2D eigenvalue weighted by atomic mass is 10.0. The number of hydrogen-bond acceptors (Lipinski definition) is 1. The molecule has 232 valence electrons. The predicted molar refractivity (Wildman–Crippen MR) is 208 cm³/mol. The van der Waals surface area contributed by atoms with Crippen LogP contribution in [0.5, 0.6) is 0 Å². The van der Waals surface area contributed by atoms with Gasteiger partial charge in [0.1, 0.15) is 0 Å². The molecule has 0 aliphatic heterocycles. The van der Waals surface area contributed by atoms with Crippen LogP contribution in [0.15, 0.2) is 168 Å². The molecular formula is C44H29BrN4. The van der Waals surface area contributed by atoms with Gasteiger partial charge in [-0.2, -0.15) is 5.26 Å². The van der Waals surface area contributed by atoms with Crippen LogP contribution in [0.2, 0.25) is 0 Å². The molecule has 0 N–H and O–H groups in total. The summed E-state index contributed by atoms with van der Waals surface area (Å²) in [5, 5.41) is 13.3. The van der Waals surface area contributed by atoms with Crippen molar-refractivity contribution in [2.45, 2.75) is 0 Å². The SMILES string of the molecule is N#Cc1ccc(Br)cc1.[C-]#[N+]c1ccc(-n2c3ccccc3c3ccc(-c4ccc5c(c4)c4ccccc4n5-c4ccccc4)cc32)cc1.[HH]. The van der Waals surface area contributed by atoms with Crippen LogP contribution in [0.3, 0.4) is 0 Å². The molecule has 0 saturated heterocycles. The highest BCUT2D eigenvalue weighted by Crippen LogP contribution is 2.38. The van der Waals surface area contributed by atoms with Crippen LogP contribution in [0, 0.1) is 17.9 Å². The van der Waals surface area contributed by atoms with Gasteiger partial charge in [0.25, 0.3) is 0 Å². The first-order chi connectivity index (χ1) is 24.1. The minimum absolute atomic E-state index is 0. The minimum atomic E-state index is 0. The molecule has 2 heterocycles. The second kappa shape index (κ2) is 12.7. The predicted octanol–water partition coefficient (Wildman–Crippen LogP) is 12.7. The van der Waals surface area contributed by atoms with Gasteiger partial charge in [-0.25, -0.2) is 4.85 Å². The summed E-state index contributed by atoms with van der Waals surface area (Å²) in [6.45, 7) is 7.35. The van der Waals surface area contributed by atoms with Crippen LogP contribution in [0.4, 0.5) is 5.69 Å². The molecule has 9 rings (SSSR count). The first-order valence-corrected chi connectivity index (χ1v) is 16.7. The Morgan fingerprint density at radius 3 is 1.71 bits per heavy atom. The number of halogens is 1. The van der Waals surface area contributed by atoms with Crippen molar-refractivity contribution in [1.82, 2.24) is 9.13 Å². The third kappa shape index (κ3) is 5.43. The molecule has 2 aromatic heterocycles. The molecular weight excluding hydrogens is 664 g/mol. The van der Waals surface area contributed by atoms with Crippen molar-refractivity contribution in [3.8, 4) is 28.6 Å². The van der Waals surface area contributed by atoms with Crippen LogP contribution in [-0.2, 0) is 0 Å². The normalized spacial score (nSPS) is 10.9. The lowest BCUT2D eigenvalue weighted by molar-refractivity contribution is 1.18. The van der Waals surface area contributed by atoms with Gasteiger partial charge in [0, 0.05) is 38.8 Å². The summed E-state index contributed by atoms with van der Waals surface area (Å²) in [6.07, 6.45) is 0. The van der Waals surface area contributed by atoms with Crippen LogP contribution in [0.1, 0.15) is 6.99 Å². The fraction of sp³-hybridized carbons (Fsp3) is 0. The summed E-state index contributed by atoms with van der Waals surface area (Å²) in [7, 11) is 0. The fourth-order valence-corrected chi connectivity index (χ4v) is 6.90. The topological polar surface area (TPSA) is 38.0 Å². The van der Waals surface area contributed by atoms with Gasteiger partial charge >= 0.3 is 0 Å². The summed E-state index contributed by atoms with van der Waals surface area (Å²) >= 11 is 3.27. The van der Waals surface area contributed by atoms with Crippen molar-refractivity contribution in [2.24, 2.45) is 0 Å². The maximum atomic E-state index is 8.36. The van der Waals surface area contributed by atoms with Crippen molar-refractivity contribution < 1.29 is 1.43 Å². The van der Waals surface area contributed by atoms with E-state index in [2.05, 4.69) is 145 Å². The van der Waals surface area contributed by atoms with Crippen molar-refractivity contribution in [3.05, 3.63) is 185 Å². The molecule has 0 spiro atoms. The number of nitriles is 1. The summed E-state index contributed by atoms with van der Waals surface area (Å²) in [5.41, 5.74) is 10.6. The third-order valence-corrected chi connectivity index (χ3v) is 9.43. The second-order valence-electron chi connectivity index (χ2n) is 11.8. The maximum absolute atomic E-state index is 8.36. The van der Waals surface area contributed by atoms with E-state index < -0.39 is 0 Å². The molecule has 5 heteroatoms. The zero-order valence-corrected chi connectivity index (χ0v) is 27.8. The maximum Gasteiger partial charge on any atom is 0.187 e. The van der Waals surface area contributed by atoms with Gasteiger partial charge in [0.2, 0.25) is 0 Å². The van der Waals surface area contributed by atoms with E-state index in [0.717, 1.165) is 26.9 Å². The van der Waals surface area contributed by atoms with Crippen molar-refractivity contribution in [3.63, 3.8) is 0 Å². The Morgan fingerprint density at radius 2 is 1.04 bits per heavy atom. The summed E-state index contributed by atoms with van der Waals surface area (Å²) in [5.74, 6) is 0. The van der Waals surface area contributed by atoms with Crippen molar-refractivity contribution in [2.75, 3.05) is 0 Å². The molecule has 0 fully saturated rings. The lowest BCUT2D eigenvalue weighted by Crippen LogP contribution is -1.93. The van der Waals surface area contributed by atoms with Gasteiger partial charge in [-0.05, 0) is 90.0 Å². The van der Waals surface area contributed by atoms with E-state index in [1.807, 2.05) is 42.5 Å². The highest BCUT2D eigenvalue weighted by Gasteiger charge is 2.16. The van der Waals surface area contributed by atoms with Crippen LogP contribution >= 0.6 is 15.9 Å². The van der Waals surface area contributed by atoms with Gasteiger partial charge in [-0.15, -0.1) is 0 Å². The quantitative estimate of drug-likeness (QED) is 0.170. The van der Waals surface area contributed by atoms with Gasteiger partial charge in [0.05, 0.1) is 40.3 Å². The van der Waals surface area contributed by atoms with Gasteiger partial charge in [0.15, 0.2) is 5.69 Å². The zero-order valence-electron chi connectivity index (χ0n) is 26.3. The summed E-state index contributed by atoms with van der Waals surface area (Å²) in [4.78, 5) is 3.58. The number of rotatable bonds is 3. The summed E-state index contributed by atoms with van der Waals surface area (Å²) < 4.78 is 5.66. The molecule has 0 saturated carbocycles. The first-order valence-electron chi connectivity index (χ1n) is 15.9. The number of benzene rings is 7. The third-order valence-electron chi connectivity index (χ3n) is 8.90. The smallest absolute Gasteiger partial charge is 0.187 e. The molecule has 49 heavy (non-hydrogen) atoms. The Balaban J connectivity index is 0.000000344.